The number of halogens is 2. The van der Waals surface area contributed by atoms with Crippen LogP contribution in [0.25, 0.3) is 0 Å². The summed E-state index contributed by atoms with van der Waals surface area (Å²) in [6.07, 6.45) is 1.18. The van der Waals surface area contributed by atoms with Gasteiger partial charge in [-0.15, -0.1) is 0 Å². The Hall–Kier alpha value is -2.67. The molecule has 0 aliphatic carbocycles. The lowest BCUT2D eigenvalue weighted by Crippen LogP contribution is -2.38. The van der Waals surface area contributed by atoms with Crippen LogP contribution >= 0.6 is 11.6 Å². The fraction of sp³-hybridized carbons (Fsp3) is 0.278. The van der Waals surface area contributed by atoms with E-state index >= 15 is 0 Å². The van der Waals surface area contributed by atoms with Gasteiger partial charge < -0.3 is 10.2 Å². The number of nitrogens with zero attached hydrogens (tertiary/aromatic N) is 2. The van der Waals surface area contributed by atoms with Crippen LogP contribution in [-0.4, -0.2) is 23.9 Å². The van der Waals surface area contributed by atoms with Gasteiger partial charge in [-0.25, -0.2) is 4.39 Å². The number of piperidine rings is 1. The lowest BCUT2D eigenvalue weighted by Gasteiger charge is -2.33. The molecular formula is C18H17ClFN3O3. The van der Waals surface area contributed by atoms with Crippen molar-refractivity contribution in [3.05, 3.63) is 63.4 Å². The van der Waals surface area contributed by atoms with Crippen LogP contribution in [-0.2, 0) is 4.79 Å². The molecule has 6 nitrogen and oxygen atoms in total. The molecule has 0 atom stereocenters. The predicted molar refractivity (Wildman–Crippen MR) is 98.1 cm³/mol. The molecule has 1 saturated heterocycles. The highest BCUT2D eigenvalue weighted by atomic mass is 35.5. The number of nitro groups is 1. The number of para-hydroxylation sites is 1. The van der Waals surface area contributed by atoms with E-state index in [1.54, 1.807) is 18.2 Å². The molecule has 1 aliphatic heterocycles. The molecule has 136 valence electrons. The Morgan fingerprint density at radius 3 is 2.54 bits per heavy atom. The number of carbonyl (C=O) groups is 1. The van der Waals surface area contributed by atoms with E-state index in [0.29, 0.717) is 37.3 Å². The second-order valence-corrected chi connectivity index (χ2v) is 6.53. The zero-order valence-electron chi connectivity index (χ0n) is 13.8. The number of non-ortho nitro benzene ring substituents is 1. The molecule has 1 N–H and O–H groups in total. The lowest BCUT2D eigenvalue weighted by atomic mass is 9.95. The van der Waals surface area contributed by atoms with Crippen LogP contribution < -0.4 is 10.2 Å². The monoisotopic (exact) mass is 377 g/mol. The Morgan fingerprint density at radius 2 is 1.92 bits per heavy atom. The van der Waals surface area contributed by atoms with Gasteiger partial charge in [0.05, 0.1) is 21.3 Å². The van der Waals surface area contributed by atoms with Gasteiger partial charge in [0.2, 0.25) is 5.91 Å². The first kappa shape index (κ1) is 18.1. The molecule has 3 rings (SSSR count). The third kappa shape index (κ3) is 3.94. The van der Waals surface area contributed by atoms with Gasteiger partial charge in [-0.3, -0.25) is 14.9 Å². The number of hydrogen-bond acceptors (Lipinski definition) is 4. The van der Waals surface area contributed by atoms with Crippen LogP contribution in [0.4, 0.5) is 21.5 Å². The highest BCUT2D eigenvalue weighted by Crippen LogP contribution is 2.29. The van der Waals surface area contributed by atoms with Gasteiger partial charge in [-0.2, -0.15) is 0 Å². The Balaban J connectivity index is 1.61. The van der Waals surface area contributed by atoms with Crippen molar-refractivity contribution < 1.29 is 14.1 Å². The van der Waals surface area contributed by atoms with Crippen molar-refractivity contribution in [1.82, 2.24) is 0 Å². The van der Waals surface area contributed by atoms with E-state index in [4.69, 9.17) is 11.6 Å². The molecule has 0 spiro atoms. The number of nitrogens with one attached hydrogen (secondary N) is 1. The first-order valence-electron chi connectivity index (χ1n) is 8.20. The quantitative estimate of drug-likeness (QED) is 0.638. The number of hydrogen-bond donors (Lipinski definition) is 1. The summed E-state index contributed by atoms with van der Waals surface area (Å²) >= 11 is 6.01. The van der Waals surface area contributed by atoms with Crippen molar-refractivity contribution in [2.24, 2.45) is 5.92 Å². The van der Waals surface area contributed by atoms with Gasteiger partial charge in [0.1, 0.15) is 5.82 Å². The summed E-state index contributed by atoms with van der Waals surface area (Å²) in [7, 11) is 0. The second-order valence-electron chi connectivity index (χ2n) is 6.12. The second kappa shape index (κ2) is 7.70. The number of amides is 1. The standard InChI is InChI=1S/C18H17ClFN3O3/c19-14-11-13(23(25)26)5-6-16(14)21-18(24)12-7-9-22(10-8-12)17-4-2-1-3-15(17)20/h1-6,11-12H,7-10H2,(H,21,24). The maximum absolute atomic E-state index is 13.9. The largest absolute Gasteiger partial charge is 0.369 e. The topological polar surface area (TPSA) is 75.5 Å². The Labute approximate surface area is 154 Å². The highest BCUT2D eigenvalue weighted by Gasteiger charge is 2.26. The zero-order chi connectivity index (χ0) is 18.7. The van der Waals surface area contributed by atoms with Gasteiger partial charge >= 0.3 is 0 Å². The van der Waals surface area contributed by atoms with Crippen molar-refractivity contribution in [2.75, 3.05) is 23.3 Å². The maximum Gasteiger partial charge on any atom is 0.271 e. The molecule has 8 heteroatoms. The molecule has 1 heterocycles. The Kier molecular flexibility index (Phi) is 5.37. The maximum atomic E-state index is 13.9. The van der Waals surface area contributed by atoms with Crippen LogP contribution in [0.2, 0.25) is 5.02 Å². The molecule has 0 aromatic heterocycles. The molecule has 1 amide bonds. The molecular weight excluding hydrogens is 361 g/mol. The average Bonchev–Trinajstić information content (AvgIpc) is 2.63. The highest BCUT2D eigenvalue weighted by molar-refractivity contribution is 6.34. The molecule has 0 unspecified atom stereocenters. The van der Waals surface area contributed by atoms with E-state index in [9.17, 15) is 19.3 Å². The third-order valence-electron chi connectivity index (χ3n) is 4.48. The average molecular weight is 378 g/mol. The Morgan fingerprint density at radius 1 is 1.23 bits per heavy atom. The van der Waals surface area contributed by atoms with Crippen molar-refractivity contribution in [1.29, 1.82) is 0 Å². The van der Waals surface area contributed by atoms with E-state index in [1.807, 2.05) is 4.90 Å². The van der Waals surface area contributed by atoms with Crippen LogP contribution in [0.15, 0.2) is 42.5 Å². The van der Waals surface area contributed by atoms with E-state index in [0.717, 1.165) is 0 Å². The minimum atomic E-state index is -0.546. The van der Waals surface area contributed by atoms with Crippen LogP contribution in [0, 0.1) is 21.8 Å². The first-order chi connectivity index (χ1) is 12.5. The van der Waals surface area contributed by atoms with E-state index in [2.05, 4.69) is 5.32 Å². The molecule has 1 aliphatic rings. The van der Waals surface area contributed by atoms with Crippen LogP contribution in [0.1, 0.15) is 12.8 Å². The Bertz CT molecular complexity index is 838. The SMILES string of the molecule is O=C(Nc1ccc([N+](=O)[O-])cc1Cl)C1CCN(c2ccccc2F)CC1. The molecule has 2 aromatic carbocycles. The molecule has 26 heavy (non-hydrogen) atoms. The van der Waals surface area contributed by atoms with Gasteiger partial charge in [0.15, 0.2) is 0 Å². The number of benzene rings is 2. The predicted octanol–water partition coefficient (Wildman–Crippen LogP) is 4.24. The minimum Gasteiger partial charge on any atom is -0.369 e. The summed E-state index contributed by atoms with van der Waals surface area (Å²) in [4.78, 5) is 24.6. The third-order valence-corrected chi connectivity index (χ3v) is 4.79. The molecule has 0 bridgehead atoms. The van der Waals surface area contributed by atoms with Gasteiger partial charge in [-0.05, 0) is 31.0 Å². The van der Waals surface area contributed by atoms with Gasteiger partial charge in [0.25, 0.3) is 5.69 Å². The number of carbonyl (C=O) groups excluding carboxylic acids is 1. The van der Waals surface area contributed by atoms with Crippen LogP contribution in [0.5, 0.6) is 0 Å². The molecule has 2 aromatic rings. The summed E-state index contributed by atoms with van der Waals surface area (Å²) in [6.45, 7) is 1.15. The van der Waals surface area contributed by atoms with Crippen LogP contribution in [0.3, 0.4) is 0 Å². The molecule has 0 saturated carbocycles. The normalized spacial score (nSPS) is 14.9. The van der Waals surface area contributed by atoms with E-state index in [-0.39, 0.29) is 28.4 Å². The van der Waals surface area contributed by atoms with Gasteiger partial charge in [-0.1, -0.05) is 23.7 Å². The van der Waals surface area contributed by atoms with Crippen molar-refractivity contribution in [3.63, 3.8) is 0 Å². The fourth-order valence-corrected chi connectivity index (χ4v) is 3.27. The first-order valence-corrected chi connectivity index (χ1v) is 8.58. The molecule has 1 fully saturated rings. The summed E-state index contributed by atoms with van der Waals surface area (Å²) in [5.41, 5.74) is 0.759. The number of nitro benzene ring substituents is 1. The lowest BCUT2D eigenvalue weighted by molar-refractivity contribution is -0.384. The zero-order valence-corrected chi connectivity index (χ0v) is 14.6. The summed E-state index contributed by atoms with van der Waals surface area (Å²) in [5.74, 6) is -0.675. The van der Waals surface area contributed by atoms with Gasteiger partial charge in [0, 0.05) is 31.1 Å². The summed E-state index contributed by atoms with van der Waals surface area (Å²) in [5, 5.41) is 13.6. The van der Waals surface area contributed by atoms with E-state index in [1.165, 1.54) is 24.3 Å². The fourth-order valence-electron chi connectivity index (χ4n) is 3.04. The van der Waals surface area contributed by atoms with Crippen molar-refractivity contribution in [2.45, 2.75) is 12.8 Å². The number of anilines is 2. The van der Waals surface area contributed by atoms with Crippen molar-refractivity contribution in [3.8, 4) is 0 Å². The number of rotatable bonds is 4. The summed E-state index contributed by atoms with van der Waals surface area (Å²) < 4.78 is 13.9. The molecule has 0 radical (unpaired) electrons. The minimum absolute atomic E-state index is 0.122. The van der Waals surface area contributed by atoms with Crippen molar-refractivity contribution >= 4 is 34.6 Å². The smallest absolute Gasteiger partial charge is 0.271 e. The summed E-state index contributed by atoms with van der Waals surface area (Å²) in [6, 6.07) is 10.5. The van der Waals surface area contributed by atoms with E-state index < -0.39 is 4.92 Å².